The van der Waals surface area contributed by atoms with Gasteiger partial charge >= 0.3 is 5.97 Å². The van der Waals surface area contributed by atoms with Crippen molar-refractivity contribution in [2.45, 2.75) is 17.7 Å². The van der Waals surface area contributed by atoms with Gasteiger partial charge in [-0.1, -0.05) is 18.2 Å². The lowest BCUT2D eigenvalue weighted by Crippen LogP contribution is -2.18. The van der Waals surface area contributed by atoms with E-state index in [4.69, 9.17) is 10.9 Å². The zero-order valence-electron chi connectivity index (χ0n) is 13.2. The highest BCUT2D eigenvalue weighted by molar-refractivity contribution is 7.92. The van der Waals surface area contributed by atoms with Crippen LogP contribution < -0.4 is 16.0 Å². The standard InChI is InChI=1S/C16H18N4O4S/c17-19-11-18-14-2-1-3-15(10-14)25(23,24)20-13-7-4-12(5-8-13)6-9-16(21)22/h1-5,7-8,10-11,20H,6,9,17H2,(H,18,19)(H,21,22). The summed E-state index contributed by atoms with van der Waals surface area (Å²) < 4.78 is 27.4. The Bertz CT molecular complexity index is 864. The van der Waals surface area contributed by atoms with Crippen LogP contribution in [0.3, 0.4) is 0 Å². The van der Waals surface area contributed by atoms with Crippen molar-refractivity contribution in [3.05, 3.63) is 54.1 Å². The van der Waals surface area contributed by atoms with E-state index in [0.717, 1.165) is 5.56 Å². The molecule has 25 heavy (non-hydrogen) atoms. The van der Waals surface area contributed by atoms with Crippen molar-refractivity contribution in [2.75, 3.05) is 4.72 Å². The van der Waals surface area contributed by atoms with Crippen LogP contribution in [0.15, 0.2) is 58.4 Å². The van der Waals surface area contributed by atoms with Crippen LogP contribution in [-0.2, 0) is 21.2 Å². The molecule has 0 unspecified atom stereocenters. The van der Waals surface area contributed by atoms with Crippen molar-refractivity contribution in [3.8, 4) is 0 Å². The number of aliphatic carboxylic acids is 1. The second-order valence-electron chi connectivity index (χ2n) is 5.12. The van der Waals surface area contributed by atoms with E-state index in [1.165, 1.54) is 18.5 Å². The van der Waals surface area contributed by atoms with E-state index < -0.39 is 16.0 Å². The van der Waals surface area contributed by atoms with Gasteiger partial charge in [-0.2, -0.15) is 0 Å². The third-order valence-electron chi connectivity index (χ3n) is 3.25. The maximum atomic E-state index is 12.4. The monoisotopic (exact) mass is 362 g/mol. The number of aliphatic imine (C=N–C) groups is 1. The maximum Gasteiger partial charge on any atom is 0.303 e. The van der Waals surface area contributed by atoms with Gasteiger partial charge in [-0.25, -0.2) is 19.3 Å². The zero-order valence-corrected chi connectivity index (χ0v) is 14.0. The Morgan fingerprint density at radius 3 is 2.56 bits per heavy atom. The van der Waals surface area contributed by atoms with Crippen molar-refractivity contribution in [1.29, 1.82) is 0 Å². The fourth-order valence-corrected chi connectivity index (χ4v) is 3.15. The van der Waals surface area contributed by atoms with E-state index in [1.54, 1.807) is 36.4 Å². The van der Waals surface area contributed by atoms with Crippen LogP contribution in [0.2, 0.25) is 0 Å². The second-order valence-corrected chi connectivity index (χ2v) is 6.80. The van der Waals surface area contributed by atoms with Gasteiger partial charge in [0.05, 0.1) is 10.6 Å². The molecule has 2 aromatic carbocycles. The summed E-state index contributed by atoms with van der Waals surface area (Å²) in [6.07, 6.45) is 1.66. The fourth-order valence-electron chi connectivity index (χ4n) is 2.05. The van der Waals surface area contributed by atoms with Gasteiger partial charge in [0.2, 0.25) is 0 Å². The van der Waals surface area contributed by atoms with Gasteiger partial charge < -0.3 is 10.5 Å². The first-order valence-corrected chi connectivity index (χ1v) is 8.81. The zero-order chi connectivity index (χ0) is 18.3. The summed E-state index contributed by atoms with van der Waals surface area (Å²) in [5.41, 5.74) is 3.88. The number of benzene rings is 2. The molecule has 0 saturated heterocycles. The van der Waals surface area contributed by atoms with Gasteiger partial charge in [0.1, 0.15) is 6.34 Å². The largest absolute Gasteiger partial charge is 0.481 e. The molecule has 0 amide bonds. The molecule has 0 atom stereocenters. The average Bonchev–Trinajstić information content (AvgIpc) is 2.59. The molecule has 8 nitrogen and oxygen atoms in total. The molecular weight excluding hydrogens is 344 g/mol. The Labute approximate surface area is 145 Å². The number of carboxylic acid groups (broad SMARTS) is 1. The number of nitrogens with one attached hydrogen (secondary N) is 2. The van der Waals surface area contributed by atoms with Gasteiger partial charge in [-0.3, -0.25) is 9.52 Å². The number of anilines is 1. The first-order chi connectivity index (χ1) is 11.9. The molecule has 0 radical (unpaired) electrons. The molecule has 0 aromatic heterocycles. The second kappa shape index (κ2) is 8.27. The lowest BCUT2D eigenvalue weighted by Gasteiger charge is -2.09. The molecule has 0 saturated carbocycles. The fraction of sp³-hybridized carbons (Fsp3) is 0.125. The summed E-state index contributed by atoms with van der Waals surface area (Å²) in [5, 5.41) is 8.67. The van der Waals surface area contributed by atoms with Crippen LogP contribution in [0, 0.1) is 0 Å². The molecule has 0 aliphatic carbocycles. The minimum Gasteiger partial charge on any atom is -0.481 e. The lowest BCUT2D eigenvalue weighted by molar-refractivity contribution is -0.136. The molecule has 0 heterocycles. The predicted octanol–water partition coefficient (Wildman–Crippen LogP) is 1.63. The van der Waals surface area contributed by atoms with Gasteiger partial charge in [0, 0.05) is 12.1 Å². The predicted molar refractivity (Wildman–Crippen MR) is 95.1 cm³/mol. The molecule has 5 N–H and O–H groups in total. The van der Waals surface area contributed by atoms with E-state index in [0.29, 0.717) is 17.8 Å². The molecule has 132 valence electrons. The van der Waals surface area contributed by atoms with E-state index in [1.807, 2.05) is 0 Å². The Hall–Kier alpha value is -2.91. The minimum atomic E-state index is -3.77. The number of hydrogen-bond donors (Lipinski definition) is 4. The first-order valence-electron chi connectivity index (χ1n) is 7.33. The topological polar surface area (TPSA) is 134 Å². The summed E-state index contributed by atoms with van der Waals surface area (Å²) in [6.45, 7) is 0. The summed E-state index contributed by atoms with van der Waals surface area (Å²) in [4.78, 5) is 14.6. The SMILES string of the molecule is NNC=Nc1cccc(S(=O)(=O)Nc2ccc(CCC(=O)O)cc2)c1. The van der Waals surface area contributed by atoms with Crippen LogP contribution in [0.1, 0.15) is 12.0 Å². The van der Waals surface area contributed by atoms with Crippen molar-refractivity contribution in [2.24, 2.45) is 10.8 Å². The highest BCUT2D eigenvalue weighted by Crippen LogP contribution is 2.21. The number of hydrogen-bond acceptors (Lipinski definition) is 5. The van der Waals surface area contributed by atoms with Crippen molar-refractivity contribution < 1.29 is 18.3 Å². The molecule has 0 spiro atoms. The summed E-state index contributed by atoms with van der Waals surface area (Å²) in [7, 11) is -3.77. The molecule has 0 aliphatic heterocycles. The number of rotatable bonds is 8. The highest BCUT2D eigenvalue weighted by atomic mass is 32.2. The summed E-state index contributed by atoms with van der Waals surface area (Å²) in [5.74, 6) is 4.21. The molecule has 9 heteroatoms. The number of carbonyl (C=O) groups is 1. The Morgan fingerprint density at radius 1 is 1.20 bits per heavy atom. The minimum absolute atomic E-state index is 0.0239. The van der Waals surface area contributed by atoms with Crippen molar-refractivity contribution >= 4 is 33.7 Å². The smallest absolute Gasteiger partial charge is 0.303 e. The number of nitrogens with zero attached hydrogens (tertiary/aromatic N) is 1. The number of nitrogens with two attached hydrogens (primary N) is 1. The van der Waals surface area contributed by atoms with E-state index in [9.17, 15) is 13.2 Å². The summed E-state index contributed by atoms with van der Waals surface area (Å²) >= 11 is 0. The van der Waals surface area contributed by atoms with Crippen molar-refractivity contribution in [3.63, 3.8) is 0 Å². The van der Waals surface area contributed by atoms with Crippen LogP contribution in [0.25, 0.3) is 0 Å². The molecule has 2 aromatic rings. The van der Waals surface area contributed by atoms with Gasteiger partial charge in [-0.05, 0) is 42.3 Å². The molecular formula is C16H18N4O4S. The Morgan fingerprint density at radius 2 is 1.92 bits per heavy atom. The van der Waals surface area contributed by atoms with Crippen LogP contribution in [0.4, 0.5) is 11.4 Å². The lowest BCUT2D eigenvalue weighted by atomic mass is 10.1. The third-order valence-corrected chi connectivity index (χ3v) is 4.63. The third kappa shape index (κ3) is 5.59. The first kappa shape index (κ1) is 18.4. The quantitative estimate of drug-likeness (QED) is 0.244. The number of aryl methyl sites for hydroxylation is 1. The van der Waals surface area contributed by atoms with Crippen LogP contribution in [0.5, 0.6) is 0 Å². The van der Waals surface area contributed by atoms with Gasteiger partial charge in [-0.15, -0.1) is 0 Å². The average molecular weight is 362 g/mol. The van der Waals surface area contributed by atoms with Crippen LogP contribution in [-0.4, -0.2) is 25.8 Å². The van der Waals surface area contributed by atoms with E-state index in [-0.39, 0.29) is 11.3 Å². The highest BCUT2D eigenvalue weighted by Gasteiger charge is 2.14. The maximum absolute atomic E-state index is 12.4. The molecule has 0 aliphatic rings. The molecule has 2 rings (SSSR count). The number of hydrazine groups is 1. The number of sulfonamides is 1. The van der Waals surface area contributed by atoms with Gasteiger partial charge in [0.15, 0.2) is 0 Å². The van der Waals surface area contributed by atoms with Gasteiger partial charge in [0.25, 0.3) is 10.0 Å². The van der Waals surface area contributed by atoms with E-state index in [2.05, 4.69) is 15.1 Å². The molecule has 0 bridgehead atoms. The van der Waals surface area contributed by atoms with Crippen molar-refractivity contribution in [1.82, 2.24) is 5.43 Å². The number of carboxylic acids is 1. The normalized spacial score (nSPS) is 11.4. The molecule has 0 fully saturated rings. The Kier molecular flexibility index (Phi) is 6.09. The van der Waals surface area contributed by atoms with E-state index >= 15 is 0 Å². The Balaban J connectivity index is 2.13. The summed E-state index contributed by atoms with van der Waals surface area (Å²) in [6, 6.07) is 12.7. The van der Waals surface area contributed by atoms with Crippen LogP contribution >= 0.6 is 0 Å².